The first-order valence-corrected chi connectivity index (χ1v) is 7.94. The zero-order valence-electron chi connectivity index (χ0n) is 14.3. The molecule has 0 saturated heterocycles. The summed E-state index contributed by atoms with van der Waals surface area (Å²) in [5.41, 5.74) is 5.66. The lowest BCUT2D eigenvalue weighted by molar-refractivity contribution is -0.134. The Morgan fingerprint density at radius 1 is 1.20 bits per heavy atom. The van der Waals surface area contributed by atoms with Crippen LogP contribution in [0.4, 0.5) is 0 Å². The van der Waals surface area contributed by atoms with Gasteiger partial charge in [0.25, 0.3) is 0 Å². The molecular formula is C17H32N2O. The quantitative estimate of drug-likeness (QED) is 0.834. The molecule has 1 amide bonds. The molecule has 2 rings (SSSR count). The lowest BCUT2D eigenvalue weighted by atomic mass is 9.68. The molecule has 2 fully saturated rings. The number of carbonyl (C=O) groups is 1. The maximum Gasteiger partial charge on any atom is 0.227 e. The number of rotatable bonds is 3. The number of nitrogens with two attached hydrogens (primary N) is 1. The summed E-state index contributed by atoms with van der Waals surface area (Å²) in [6.07, 6.45) is 3.65. The van der Waals surface area contributed by atoms with Crippen LogP contribution in [0.5, 0.6) is 0 Å². The molecule has 3 N–H and O–H groups in total. The van der Waals surface area contributed by atoms with Crippen LogP contribution in [0.15, 0.2) is 0 Å². The number of hydrogen-bond donors (Lipinski definition) is 2. The van der Waals surface area contributed by atoms with Gasteiger partial charge in [-0.3, -0.25) is 4.79 Å². The van der Waals surface area contributed by atoms with Crippen LogP contribution in [0.25, 0.3) is 0 Å². The van der Waals surface area contributed by atoms with Gasteiger partial charge in [0.05, 0.1) is 5.41 Å². The first kappa shape index (κ1) is 15.8. The normalized spacial score (nSPS) is 36.2. The Morgan fingerprint density at radius 2 is 1.75 bits per heavy atom. The van der Waals surface area contributed by atoms with Crippen molar-refractivity contribution in [3.63, 3.8) is 0 Å². The van der Waals surface area contributed by atoms with E-state index in [1.807, 2.05) is 27.7 Å². The van der Waals surface area contributed by atoms with E-state index in [9.17, 15) is 4.79 Å². The van der Waals surface area contributed by atoms with Crippen molar-refractivity contribution in [1.82, 2.24) is 5.32 Å². The van der Waals surface area contributed by atoms with Crippen LogP contribution in [0.1, 0.15) is 67.7 Å². The van der Waals surface area contributed by atoms with Crippen LogP contribution in [0, 0.1) is 22.2 Å². The number of fused-ring (bicyclic) bond motifs is 2. The van der Waals surface area contributed by atoms with E-state index in [0.717, 1.165) is 12.3 Å². The third-order valence-electron chi connectivity index (χ3n) is 7.28. The molecule has 3 nitrogen and oxygen atoms in total. The molecule has 2 aliphatic rings. The minimum atomic E-state index is -0.560. The summed E-state index contributed by atoms with van der Waals surface area (Å²) in [6, 6.07) is 0.297. The van der Waals surface area contributed by atoms with E-state index in [0.29, 0.717) is 11.5 Å². The number of amides is 1. The van der Waals surface area contributed by atoms with Crippen molar-refractivity contribution in [2.45, 2.75) is 79.3 Å². The number of hydrogen-bond acceptors (Lipinski definition) is 2. The van der Waals surface area contributed by atoms with Gasteiger partial charge in [-0.15, -0.1) is 0 Å². The average Bonchev–Trinajstić information content (AvgIpc) is 2.60. The summed E-state index contributed by atoms with van der Waals surface area (Å²) < 4.78 is 0. The van der Waals surface area contributed by atoms with E-state index in [2.05, 4.69) is 26.1 Å². The summed E-state index contributed by atoms with van der Waals surface area (Å²) in [6.45, 7) is 14.8. The average molecular weight is 280 g/mol. The Kier molecular flexibility index (Phi) is 3.34. The van der Waals surface area contributed by atoms with E-state index in [4.69, 9.17) is 5.73 Å². The van der Waals surface area contributed by atoms with Crippen LogP contribution in [0.3, 0.4) is 0 Å². The van der Waals surface area contributed by atoms with Crippen molar-refractivity contribution in [2.24, 2.45) is 27.9 Å². The highest BCUT2D eigenvalue weighted by Gasteiger charge is 2.62. The van der Waals surface area contributed by atoms with Crippen molar-refractivity contribution in [1.29, 1.82) is 0 Å². The predicted molar refractivity (Wildman–Crippen MR) is 83.2 cm³/mol. The Balaban J connectivity index is 2.16. The van der Waals surface area contributed by atoms with Gasteiger partial charge < -0.3 is 11.1 Å². The molecule has 0 aromatic rings. The third kappa shape index (κ3) is 1.93. The highest BCUT2D eigenvalue weighted by molar-refractivity contribution is 5.83. The predicted octanol–water partition coefficient (Wildman–Crippen LogP) is 3.08. The molecule has 116 valence electrons. The largest absolute Gasteiger partial charge is 0.352 e. The van der Waals surface area contributed by atoms with E-state index in [-0.39, 0.29) is 11.3 Å². The van der Waals surface area contributed by atoms with Crippen LogP contribution >= 0.6 is 0 Å². The molecule has 3 unspecified atom stereocenters. The molecule has 3 atom stereocenters. The smallest absolute Gasteiger partial charge is 0.227 e. The minimum absolute atomic E-state index is 0.0968. The summed E-state index contributed by atoms with van der Waals surface area (Å²) >= 11 is 0. The first-order valence-electron chi connectivity index (χ1n) is 7.94. The Bertz CT molecular complexity index is 419. The van der Waals surface area contributed by atoms with E-state index in [1.165, 1.54) is 12.8 Å². The third-order valence-corrected chi connectivity index (χ3v) is 7.28. The van der Waals surface area contributed by atoms with Crippen LogP contribution in [-0.4, -0.2) is 17.5 Å². The fourth-order valence-corrected chi connectivity index (χ4v) is 4.05. The Hall–Kier alpha value is -0.570. The van der Waals surface area contributed by atoms with Gasteiger partial charge in [-0.05, 0) is 63.7 Å². The van der Waals surface area contributed by atoms with Gasteiger partial charge in [0, 0.05) is 11.6 Å². The minimum Gasteiger partial charge on any atom is -0.352 e. The summed E-state index contributed by atoms with van der Waals surface area (Å²) in [4.78, 5) is 12.7. The molecular weight excluding hydrogens is 248 g/mol. The molecule has 3 heteroatoms. The van der Waals surface area contributed by atoms with Gasteiger partial charge in [0.15, 0.2) is 0 Å². The molecule has 2 aliphatic carbocycles. The fraction of sp³-hybridized carbons (Fsp3) is 0.941. The van der Waals surface area contributed by atoms with Crippen LogP contribution in [0.2, 0.25) is 0 Å². The lowest BCUT2D eigenvalue weighted by Crippen LogP contribution is -2.59. The molecule has 20 heavy (non-hydrogen) atoms. The Labute approximate surface area is 124 Å². The van der Waals surface area contributed by atoms with Crippen molar-refractivity contribution in [2.75, 3.05) is 0 Å². The highest BCUT2D eigenvalue weighted by atomic mass is 16.2. The maximum atomic E-state index is 12.7. The lowest BCUT2D eigenvalue weighted by Gasteiger charge is -2.43. The van der Waals surface area contributed by atoms with Crippen molar-refractivity contribution >= 4 is 5.91 Å². The van der Waals surface area contributed by atoms with Gasteiger partial charge in [-0.1, -0.05) is 20.8 Å². The SMILES string of the molecule is CC(C)(N)C(C)(C)C(=O)NC1CC2CCC1(C)C2(C)C. The topological polar surface area (TPSA) is 55.1 Å². The second kappa shape index (κ2) is 4.22. The molecule has 0 radical (unpaired) electrons. The summed E-state index contributed by atoms with van der Waals surface area (Å²) in [5, 5.41) is 3.33. The van der Waals surface area contributed by atoms with Gasteiger partial charge >= 0.3 is 0 Å². The van der Waals surface area contributed by atoms with Gasteiger partial charge in [0.1, 0.15) is 0 Å². The first-order chi connectivity index (χ1) is 8.84. The Morgan fingerprint density at radius 3 is 2.10 bits per heavy atom. The summed E-state index contributed by atoms with van der Waals surface area (Å²) in [7, 11) is 0. The van der Waals surface area contributed by atoms with Gasteiger partial charge in [0.2, 0.25) is 5.91 Å². The number of carbonyl (C=O) groups excluding carboxylic acids is 1. The fourth-order valence-electron chi connectivity index (χ4n) is 4.05. The molecule has 0 spiro atoms. The second-order valence-corrected chi connectivity index (χ2v) is 8.98. The molecule has 0 heterocycles. The second-order valence-electron chi connectivity index (χ2n) is 8.98. The van der Waals surface area contributed by atoms with E-state index < -0.39 is 11.0 Å². The summed E-state index contributed by atoms with van der Waals surface area (Å²) in [5.74, 6) is 0.839. The standard InChI is InChI=1S/C17H32N2O/c1-14(2)11-8-9-17(14,7)12(10-11)19-13(20)15(3,4)16(5,6)18/h11-12H,8-10,18H2,1-7H3,(H,19,20). The molecule has 2 bridgehead atoms. The number of nitrogens with one attached hydrogen (secondary N) is 1. The highest BCUT2D eigenvalue weighted by Crippen LogP contribution is 2.65. The van der Waals surface area contributed by atoms with Crippen molar-refractivity contribution in [3.8, 4) is 0 Å². The maximum absolute atomic E-state index is 12.7. The van der Waals surface area contributed by atoms with Gasteiger partial charge in [-0.2, -0.15) is 0 Å². The monoisotopic (exact) mass is 280 g/mol. The van der Waals surface area contributed by atoms with Crippen molar-refractivity contribution in [3.05, 3.63) is 0 Å². The van der Waals surface area contributed by atoms with Crippen LogP contribution in [-0.2, 0) is 4.79 Å². The van der Waals surface area contributed by atoms with Crippen molar-refractivity contribution < 1.29 is 4.79 Å². The van der Waals surface area contributed by atoms with Gasteiger partial charge in [-0.25, -0.2) is 0 Å². The zero-order valence-corrected chi connectivity index (χ0v) is 14.3. The molecule has 2 saturated carbocycles. The molecule has 0 aliphatic heterocycles. The van der Waals surface area contributed by atoms with E-state index >= 15 is 0 Å². The van der Waals surface area contributed by atoms with Crippen LogP contribution < -0.4 is 11.1 Å². The molecule has 0 aromatic heterocycles. The van der Waals surface area contributed by atoms with E-state index in [1.54, 1.807) is 0 Å². The molecule has 0 aromatic carbocycles. The zero-order chi connectivity index (χ0) is 15.6.